The van der Waals surface area contributed by atoms with Gasteiger partial charge in [0.2, 0.25) is 0 Å². The van der Waals surface area contributed by atoms with Gasteiger partial charge in [-0.2, -0.15) is 0 Å². The van der Waals surface area contributed by atoms with Gasteiger partial charge in [-0.05, 0) is 17.5 Å². The van der Waals surface area contributed by atoms with Gasteiger partial charge in [-0.1, -0.05) is 25.1 Å². The van der Waals surface area contributed by atoms with Crippen molar-refractivity contribution in [2.75, 3.05) is 0 Å². The number of aromatic nitrogens is 1. The first-order chi connectivity index (χ1) is 6.81. The van der Waals surface area contributed by atoms with Crippen LogP contribution in [0.1, 0.15) is 6.92 Å². The number of fused-ring (bicyclic) bond motifs is 1. The van der Waals surface area contributed by atoms with Gasteiger partial charge in [-0.25, -0.2) is 0 Å². The molecule has 0 amide bonds. The summed E-state index contributed by atoms with van der Waals surface area (Å²) < 4.78 is 2.12. The lowest BCUT2D eigenvalue weighted by Crippen LogP contribution is -2.07. The first kappa shape index (κ1) is 9.00. The van der Waals surface area contributed by atoms with Crippen molar-refractivity contribution in [3.05, 3.63) is 36.5 Å². The molecule has 2 nitrogen and oxygen atoms in total. The topological polar surface area (TPSA) is 22.0 Å². The first-order valence-corrected chi connectivity index (χ1v) is 4.80. The molecular weight excluding hydrogens is 174 g/mol. The Morgan fingerprint density at radius 3 is 2.93 bits per heavy atom. The van der Waals surface area contributed by atoms with E-state index in [1.54, 1.807) is 0 Å². The van der Waals surface area contributed by atoms with Gasteiger partial charge in [0.15, 0.2) is 0 Å². The van der Waals surface area contributed by atoms with Crippen LogP contribution in [0.5, 0.6) is 0 Å². The van der Waals surface area contributed by atoms with Crippen molar-refractivity contribution >= 4 is 17.2 Å². The van der Waals surface area contributed by atoms with Crippen LogP contribution in [0.15, 0.2) is 36.5 Å². The monoisotopic (exact) mass is 187 g/mol. The minimum Gasteiger partial charge on any atom is -0.347 e. The van der Waals surface area contributed by atoms with E-state index in [4.69, 9.17) is 0 Å². The van der Waals surface area contributed by atoms with E-state index >= 15 is 0 Å². The van der Waals surface area contributed by atoms with Crippen LogP contribution in [-0.4, -0.2) is 10.9 Å². The maximum Gasteiger partial charge on any atom is 0.124 e. The highest BCUT2D eigenvalue weighted by atomic mass is 16.1. The Bertz CT molecular complexity index is 444. The Labute approximate surface area is 83.2 Å². The summed E-state index contributed by atoms with van der Waals surface area (Å²) in [5.74, 6) is 0.0748. The molecule has 1 aromatic carbocycles. The maximum absolute atomic E-state index is 10.6. The number of nitrogens with zero attached hydrogens (tertiary/aromatic N) is 1. The molecule has 1 heterocycles. The van der Waals surface area contributed by atoms with Crippen molar-refractivity contribution in [1.82, 2.24) is 4.57 Å². The van der Waals surface area contributed by atoms with E-state index in [2.05, 4.69) is 22.8 Å². The highest BCUT2D eigenvalue weighted by molar-refractivity contribution is 5.80. The molecule has 0 saturated carbocycles. The molecule has 2 aromatic rings. The fraction of sp³-hybridized carbons (Fsp3) is 0.250. The Kier molecular flexibility index (Phi) is 2.35. The lowest BCUT2D eigenvalue weighted by atomic mass is 10.2. The van der Waals surface area contributed by atoms with Crippen LogP contribution in [0.4, 0.5) is 0 Å². The molecule has 72 valence electrons. The predicted octanol–water partition coefficient (Wildman–Crippen LogP) is 2.48. The molecule has 0 aliphatic rings. The number of hydrogen-bond donors (Lipinski definition) is 0. The standard InChI is InChI=1S/C12H13NO/c1-10(9-14)8-13-7-6-11-4-2-3-5-12(11)13/h2-7,9-10H,8H2,1H3. The van der Waals surface area contributed by atoms with Gasteiger partial charge < -0.3 is 9.36 Å². The van der Waals surface area contributed by atoms with Gasteiger partial charge in [-0.3, -0.25) is 0 Å². The fourth-order valence-corrected chi connectivity index (χ4v) is 1.65. The summed E-state index contributed by atoms with van der Waals surface area (Å²) >= 11 is 0. The maximum atomic E-state index is 10.6. The van der Waals surface area contributed by atoms with Gasteiger partial charge in [-0.15, -0.1) is 0 Å². The predicted molar refractivity (Wildman–Crippen MR) is 57.2 cm³/mol. The van der Waals surface area contributed by atoms with Gasteiger partial charge in [0, 0.05) is 24.2 Å². The Morgan fingerprint density at radius 2 is 2.14 bits per heavy atom. The van der Waals surface area contributed by atoms with Crippen molar-refractivity contribution in [3.8, 4) is 0 Å². The number of aldehydes is 1. The van der Waals surface area contributed by atoms with Crippen molar-refractivity contribution < 1.29 is 4.79 Å². The van der Waals surface area contributed by atoms with E-state index in [1.165, 1.54) is 10.9 Å². The lowest BCUT2D eigenvalue weighted by molar-refractivity contribution is -0.110. The summed E-state index contributed by atoms with van der Waals surface area (Å²) in [6.45, 7) is 2.69. The molecule has 14 heavy (non-hydrogen) atoms. The number of benzene rings is 1. The molecular formula is C12H13NO. The van der Waals surface area contributed by atoms with E-state index in [0.717, 1.165) is 12.8 Å². The largest absolute Gasteiger partial charge is 0.347 e. The van der Waals surface area contributed by atoms with Crippen LogP contribution in [0.2, 0.25) is 0 Å². The average molecular weight is 187 g/mol. The number of carbonyl (C=O) groups excluding carboxylic acids is 1. The number of carbonyl (C=O) groups is 1. The molecule has 2 rings (SSSR count). The zero-order valence-corrected chi connectivity index (χ0v) is 8.18. The molecule has 2 heteroatoms. The minimum atomic E-state index is 0.0748. The lowest BCUT2D eigenvalue weighted by Gasteiger charge is -2.06. The minimum absolute atomic E-state index is 0.0748. The van der Waals surface area contributed by atoms with Gasteiger partial charge in [0.25, 0.3) is 0 Å². The van der Waals surface area contributed by atoms with Crippen LogP contribution >= 0.6 is 0 Å². The van der Waals surface area contributed by atoms with E-state index in [-0.39, 0.29) is 5.92 Å². The van der Waals surface area contributed by atoms with Gasteiger partial charge >= 0.3 is 0 Å². The smallest absolute Gasteiger partial charge is 0.124 e. The molecule has 0 aliphatic heterocycles. The number of hydrogen-bond acceptors (Lipinski definition) is 1. The molecule has 0 aliphatic carbocycles. The van der Waals surface area contributed by atoms with Crippen LogP contribution in [-0.2, 0) is 11.3 Å². The second-order valence-electron chi connectivity index (χ2n) is 3.64. The van der Waals surface area contributed by atoms with Crippen LogP contribution in [0.3, 0.4) is 0 Å². The molecule has 0 fully saturated rings. The van der Waals surface area contributed by atoms with E-state index in [9.17, 15) is 4.79 Å². The summed E-state index contributed by atoms with van der Waals surface area (Å²) in [5, 5.41) is 1.23. The summed E-state index contributed by atoms with van der Waals surface area (Å²) in [7, 11) is 0. The molecule has 1 aromatic heterocycles. The van der Waals surface area contributed by atoms with Crippen molar-refractivity contribution in [2.24, 2.45) is 5.92 Å². The summed E-state index contributed by atoms with van der Waals surface area (Å²) in [6.07, 6.45) is 3.03. The third-order valence-electron chi connectivity index (χ3n) is 2.40. The SMILES string of the molecule is CC(C=O)Cn1ccc2ccccc21. The van der Waals surface area contributed by atoms with E-state index in [1.807, 2.05) is 25.3 Å². The average Bonchev–Trinajstić information content (AvgIpc) is 2.62. The number of rotatable bonds is 3. The molecule has 0 saturated heterocycles. The van der Waals surface area contributed by atoms with Crippen molar-refractivity contribution in [3.63, 3.8) is 0 Å². The molecule has 0 N–H and O–H groups in total. The highest BCUT2D eigenvalue weighted by Gasteiger charge is 2.03. The first-order valence-electron chi connectivity index (χ1n) is 4.80. The van der Waals surface area contributed by atoms with Crippen LogP contribution in [0, 0.1) is 5.92 Å². The Hall–Kier alpha value is -1.57. The van der Waals surface area contributed by atoms with Crippen molar-refractivity contribution in [2.45, 2.75) is 13.5 Å². The molecule has 0 bridgehead atoms. The zero-order valence-electron chi connectivity index (χ0n) is 8.18. The molecule has 0 spiro atoms. The van der Waals surface area contributed by atoms with Crippen LogP contribution < -0.4 is 0 Å². The highest BCUT2D eigenvalue weighted by Crippen LogP contribution is 2.15. The summed E-state index contributed by atoms with van der Waals surface area (Å²) in [5.41, 5.74) is 1.20. The fourth-order valence-electron chi connectivity index (χ4n) is 1.65. The summed E-state index contributed by atoms with van der Waals surface area (Å²) in [6, 6.07) is 10.3. The van der Waals surface area contributed by atoms with Crippen molar-refractivity contribution in [1.29, 1.82) is 0 Å². The van der Waals surface area contributed by atoms with E-state index in [0.29, 0.717) is 0 Å². The van der Waals surface area contributed by atoms with Crippen LogP contribution in [0.25, 0.3) is 10.9 Å². The quantitative estimate of drug-likeness (QED) is 0.676. The summed E-state index contributed by atoms with van der Waals surface area (Å²) in [4.78, 5) is 10.6. The van der Waals surface area contributed by atoms with Gasteiger partial charge in [0.1, 0.15) is 6.29 Å². The molecule has 0 radical (unpaired) electrons. The molecule has 1 unspecified atom stereocenters. The van der Waals surface area contributed by atoms with E-state index < -0.39 is 0 Å². The number of para-hydroxylation sites is 1. The third-order valence-corrected chi connectivity index (χ3v) is 2.40. The third kappa shape index (κ3) is 1.55. The van der Waals surface area contributed by atoms with Gasteiger partial charge in [0.05, 0.1) is 0 Å². The Balaban J connectivity index is 2.38. The second-order valence-corrected chi connectivity index (χ2v) is 3.64. The normalized spacial score (nSPS) is 12.9. The Morgan fingerprint density at radius 1 is 1.36 bits per heavy atom. The molecule has 1 atom stereocenters. The zero-order chi connectivity index (χ0) is 9.97. The second kappa shape index (κ2) is 3.66.